The molecule has 0 spiro atoms. The summed E-state index contributed by atoms with van der Waals surface area (Å²) in [5.74, 6) is 5.44. The lowest BCUT2D eigenvalue weighted by Gasteiger charge is -2.06. The van der Waals surface area contributed by atoms with E-state index in [0.717, 1.165) is 30.3 Å². The monoisotopic (exact) mass is 232 g/mol. The van der Waals surface area contributed by atoms with E-state index in [0.29, 0.717) is 0 Å². The molecule has 1 aromatic heterocycles. The van der Waals surface area contributed by atoms with Crippen LogP contribution in [0.15, 0.2) is 12.1 Å². The maximum Gasteiger partial charge on any atom is 0.126 e. The van der Waals surface area contributed by atoms with E-state index in [1.54, 1.807) is 11.8 Å². The van der Waals surface area contributed by atoms with E-state index in [9.17, 15) is 0 Å². The summed E-state index contributed by atoms with van der Waals surface area (Å²) in [7, 11) is 0. The lowest BCUT2D eigenvalue weighted by molar-refractivity contribution is 0.899. The van der Waals surface area contributed by atoms with Crippen molar-refractivity contribution in [2.24, 2.45) is 0 Å². The van der Waals surface area contributed by atoms with Gasteiger partial charge in [-0.2, -0.15) is 0 Å². The van der Waals surface area contributed by atoms with Gasteiger partial charge in [0.2, 0.25) is 0 Å². The van der Waals surface area contributed by atoms with Gasteiger partial charge in [0, 0.05) is 18.0 Å². The molecule has 2 rings (SSSR count). The average molecular weight is 232 g/mol. The first kappa shape index (κ1) is 11.3. The molecule has 1 N–H and O–H groups in total. The quantitative estimate of drug-likeness (QED) is 0.623. The summed E-state index contributed by atoms with van der Waals surface area (Å²) >= 11 is 1.77. The molecule has 2 nitrogen and oxygen atoms in total. The number of aryl methyl sites for hydroxylation is 2. The normalized spacial score (nSPS) is 13.2. The number of pyridine rings is 1. The zero-order chi connectivity index (χ0) is 11.2. The fourth-order valence-corrected chi connectivity index (χ4v) is 2.41. The largest absolute Gasteiger partial charge is 0.369 e. The van der Waals surface area contributed by atoms with Crippen molar-refractivity contribution in [1.29, 1.82) is 0 Å². The number of aromatic nitrogens is 1. The summed E-state index contributed by atoms with van der Waals surface area (Å²) in [5, 5.41) is 3.33. The van der Waals surface area contributed by atoms with Gasteiger partial charge >= 0.3 is 0 Å². The highest BCUT2D eigenvalue weighted by molar-refractivity contribution is 7.99. The smallest absolute Gasteiger partial charge is 0.126 e. The van der Waals surface area contributed by atoms with Crippen molar-refractivity contribution < 1.29 is 0 Å². The Labute approximate surface area is 101 Å². The van der Waals surface area contributed by atoms with Gasteiger partial charge in [-0.1, -0.05) is 12.0 Å². The number of terminal acetylenes is 1. The highest BCUT2D eigenvalue weighted by Gasteiger charge is 2.11. The van der Waals surface area contributed by atoms with Crippen molar-refractivity contribution in [3.8, 4) is 12.3 Å². The number of thioether (sulfide) groups is 1. The van der Waals surface area contributed by atoms with Crippen LogP contribution in [0.4, 0.5) is 5.82 Å². The van der Waals surface area contributed by atoms with Gasteiger partial charge < -0.3 is 5.32 Å². The maximum atomic E-state index is 5.18. The molecule has 1 aliphatic carbocycles. The summed E-state index contributed by atoms with van der Waals surface area (Å²) in [6, 6.07) is 4.28. The Morgan fingerprint density at radius 1 is 1.44 bits per heavy atom. The minimum absolute atomic E-state index is 0.791. The molecule has 0 amide bonds. The predicted octanol–water partition coefficient (Wildman–Crippen LogP) is 2.35. The minimum Gasteiger partial charge on any atom is -0.369 e. The van der Waals surface area contributed by atoms with Crippen LogP contribution < -0.4 is 5.32 Å². The van der Waals surface area contributed by atoms with Crippen LogP contribution in [-0.4, -0.2) is 23.0 Å². The number of hydrogen-bond donors (Lipinski definition) is 1. The van der Waals surface area contributed by atoms with Crippen molar-refractivity contribution in [3.05, 3.63) is 23.4 Å². The molecule has 0 atom stereocenters. The van der Waals surface area contributed by atoms with E-state index in [2.05, 4.69) is 28.4 Å². The first-order chi connectivity index (χ1) is 7.90. The molecule has 84 valence electrons. The molecule has 1 aromatic rings. The molecule has 1 heterocycles. The summed E-state index contributed by atoms with van der Waals surface area (Å²) in [5.41, 5.74) is 2.70. The van der Waals surface area contributed by atoms with Crippen LogP contribution in [0.2, 0.25) is 0 Å². The molecular weight excluding hydrogens is 216 g/mol. The Bertz CT molecular complexity index is 395. The highest BCUT2D eigenvalue weighted by Crippen LogP contribution is 2.21. The summed E-state index contributed by atoms with van der Waals surface area (Å²) in [6.45, 7) is 0.929. The topological polar surface area (TPSA) is 24.9 Å². The molecule has 0 aromatic carbocycles. The molecule has 0 fully saturated rings. The minimum atomic E-state index is 0.791. The number of nitrogens with one attached hydrogen (secondary N) is 1. The number of rotatable bonds is 5. The Morgan fingerprint density at radius 2 is 2.38 bits per heavy atom. The molecule has 0 aliphatic heterocycles. The van der Waals surface area contributed by atoms with Crippen molar-refractivity contribution in [3.63, 3.8) is 0 Å². The third-order valence-electron chi connectivity index (χ3n) is 2.67. The van der Waals surface area contributed by atoms with Crippen LogP contribution in [0.25, 0.3) is 0 Å². The van der Waals surface area contributed by atoms with Crippen molar-refractivity contribution in [2.45, 2.75) is 19.3 Å². The second-order valence-electron chi connectivity index (χ2n) is 3.84. The standard InChI is InChI=1S/C13H16N2S/c1-2-9-16-10-8-14-13-7-6-11-4-3-5-12(11)15-13/h1,6-7H,3-5,8-10H2,(H,14,15). The zero-order valence-corrected chi connectivity index (χ0v) is 10.1. The molecule has 0 bridgehead atoms. The van der Waals surface area contributed by atoms with E-state index in [-0.39, 0.29) is 0 Å². The van der Waals surface area contributed by atoms with Crippen molar-refractivity contribution in [2.75, 3.05) is 23.4 Å². The third-order valence-corrected chi connectivity index (χ3v) is 3.53. The third kappa shape index (κ3) is 2.93. The molecule has 3 heteroatoms. The molecule has 1 aliphatic rings. The van der Waals surface area contributed by atoms with Gasteiger partial charge in [0.15, 0.2) is 0 Å². The Kier molecular flexibility index (Phi) is 4.12. The lowest BCUT2D eigenvalue weighted by Crippen LogP contribution is -2.06. The van der Waals surface area contributed by atoms with E-state index in [1.165, 1.54) is 24.1 Å². The van der Waals surface area contributed by atoms with Gasteiger partial charge in [-0.05, 0) is 30.9 Å². The van der Waals surface area contributed by atoms with Gasteiger partial charge in [-0.15, -0.1) is 18.2 Å². The summed E-state index contributed by atoms with van der Waals surface area (Å²) < 4.78 is 0. The molecule has 0 unspecified atom stereocenters. The van der Waals surface area contributed by atoms with E-state index < -0.39 is 0 Å². The van der Waals surface area contributed by atoms with E-state index >= 15 is 0 Å². The van der Waals surface area contributed by atoms with E-state index in [1.807, 2.05) is 0 Å². The van der Waals surface area contributed by atoms with Crippen LogP contribution in [0.5, 0.6) is 0 Å². The lowest BCUT2D eigenvalue weighted by atomic mass is 10.2. The average Bonchev–Trinajstić information content (AvgIpc) is 2.76. The number of nitrogens with zero attached hydrogens (tertiary/aromatic N) is 1. The Morgan fingerprint density at radius 3 is 3.25 bits per heavy atom. The van der Waals surface area contributed by atoms with Gasteiger partial charge in [-0.3, -0.25) is 0 Å². The first-order valence-electron chi connectivity index (χ1n) is 5.64. The second kappa shape index (κ2) is 5.81. The molecule has 0 saturated carbocycles. The van der Waals surface area contributed by atoms with Gasteiger partial charge in [0.05, 0.1) is 5.75 Å². The zero-order valence-electron chi connectivity index (χ0n) is 9.33. The van der Waals surface area contributed by atoms with Gasteiger partial charge in [0.25, 0.3) is 0 Å². The number of fused-ring (bicyclic) bond motifs is 1. The SMILES string of the molecule is C#CCSCCNc1ccc2c(n1)CCC2. The van der Waals surface area contributed by atoms with Gasteiger partial charge in [0.1, 0.15) is 5.82 Å². The Hall–Kier alpha value is -1.14. The first-order valence-corrected chi connectivity index (χ1v) is 6.79. The Balaban J connectivity index is 1.80. The van der Waals surface area contributed by atoms with Crippen LogP contribution >= 0.6 is 11.8 Å². The van der Waals surface area contributed by atoms with Crippen LogP contribution in [0, 0.1) is 12.3 Å². The highest BCUT2D eigenvalue weighted by atomic mass is 32.2. The molecule has 0 radical (unpaired) electrons. The number of hydrogen-bond acceptors (Lipinski definition) is 3. The molecule has 16 heavy (non-hydrogen) atoms. The van der Waals surface area contributed by atoms with Crippen LogP contribution in [0.3, 0.4) is 0 Å². The van der Waals surface area contributed by atoms with Crippen LogP contribution in [0.1, 0.15) is 17.7 Å². The predicted molar refractivity (Wildman–Crippen MR) is 70.9 cm³/mol. The van der Waals surface area contributed by atoms with Gasteiger partial charge in [-0.25, -0.2) is 4.98 Å². The summed E-state index contributed by atoms with van der Waals surface area (Å²) in [4.78, 5) is 4.61. The van der Waals surface area contributed by atoms with Crippen LogP contribution in [-0.2, 0) is 12.8 Å². The van der Waals surface area contributed by atoms with Crippen molar-refractivity contribution >= 4 is 17.6 Å². The second-order valence-corrected chi connectivity index (χ2v) is 4.94. The van der Waals surface area contributed by atoms with E-state index in [4.69, 9.17) is 6.42 Å². The molecule has 0 saturated heterocycles. The summed E-state index contributed by atoms with van der Waals surface area (Å²) in [6.07, 6.45) is 8.76. The number of anilines is 1. The fourth-order valence-electron chi connectivity index (χ4n) is 1.90. The maximum absolute atomic E-state index is 5.18. The fraction of sp³-hybridized carbons (Fsp3) is 0.462. The van der Waals surface area contributed by atoms with Crippen molar-refractivity contribution in [1.82, 2.24) is 4.98 Å². The molecular formula is C13H16N2S.